The van der Waals surface area contributed by atoms with Crippen LogP contribution in [0.5, 0.6) is 5.75 Å². The Morgan fingerprint density at radius 2 is 2.38 bits per heavy atom. The van der Waals surface area contributed by atoms with Gasteiger partial charge in [-0.1, -0.05) is 12.1 Å². The molecule has 1 saturated heterocycles. The van der Waals surface area contributed by atoms with E-state index < -0.39 is 0 Å². The summed E-state index contributed by atoms with van der Waals surface area (Å²) >= 11 is 0. The lowest BCUT2D eigenvalue weighted by molar-refractivity contribution is -0.122. The van der Waals surface area contributed by atoms with E-state index in [1.807, 2.05) is 31.2 Å². The highest BCUT2D eigenvalue weighted by molar-refractivity contribution is 5.76. The van der Waals surface area contributed by atoms with E-state index in [2.05, 4.69) is 17.6 Å². The van der Waals surface area contributed by atoms with Gasteiger partial charge in [-0.2, -0.15) is 0 Å². The summed E-state index contributed by atoms with van der Waals surface area (Å²) in [6.07, 6.45) is 2.79. The van der Waals surface area contributed by atoms with Gasteiger partial charge in [0.05, 0.1) is 13.0 Å². The van der Waals surface area contributed by atoms with Crippen molar-refractivity contribution < 1.29 is 9.53 Å². The minimum absolute atomic E-state index is 0.0701. The van der Waals surface area contributed by atoms with Crippen LogP contribution in [-0.2, 0) is 4.79 Å². The maximum absolute atomic E-state index is 11.9. The first-order valence-corrected chi connectivity index (χ1v) is 7.84. The van der Waals surface area contributed by atoms with Crippen molar-refractivity contribution in [3.8, 4) is 5.75 Å². The van der Waals surface area contributed by atoms with Crippen molar-refractivity contribution in [3.05, 3.63) is 29.8 Å². The molecule has 1 amide bonds. The standard InChI is InChI=1S/C17H26N2O2/c1-13-5-3-7-16(11-13)21-10-8-17(20)19-14(2)15-6-4-9-18-12-15/h3,5,7,11,14-15,18H,4,6,8-10,12H2,1-2H3,(H,19,20). The molecule has 1 fully saturated rings. The largest absolute Gasteiger partial charge is 0.493 e. The minimum atomic E-state index is 0.0701. The summed E-state index contributed by atoms with van der Waals surface area (Å²) in [6.45, 7) is 6.64. The fraction of sp³-hybridized carbons (Fsp3) is 0.588. The van der Waals surface area contributed by atoms with Gasteiger partial charge in [0, 0.05) is 6.04 Å². The Balaban J connectivity index is 1.67. The van der Waals surface area contributed by atoms with Crippen LogP contribution in [0.2, 0.25) is 0 Å². The van der Waals surface area contributed by atoms with Crippen molar-refractivity contribution in [2.45, 2.75) is 39.2 Å². The number of hydrogen-bond acceptors (Lipinski definition) is 3. The molecule has 2 atom stereocenters. The van der Waals surface area contributed by atoms with Gasteiger partial charge in [-0.15, -0.1) is 0 Å². The Kier molecular flexibility index (Phi) is 6.05. The van der Waals surface area contributed by atoms with E-state index in [1.165, 1.54) is 12.8 Å². The normalized spacial score (nSPS) is 19.8. The van der Waals surface area contributed by atoms with E-state index in [1.54, 1.807) is 0 Å². The second-order valence-corrected chi connectivity index (χ2v) is 5.88. The molecule has 1 heterocycles. The number of carbonyl (C=O) groups is 1. The molecule has 0 radical (unpaired) electrons. The highest BCUT2D eigenvalue weighted by atomic mass is 16.5. The van der Waals surface area contributed by atoms with Gasteiger partial charge in [-0.05, 0) is 63.4 Å². The number of piperidine rings is 1. The molecule has 0 aromatic heterocycles. The molecule has 0 aliphatic carbocycles. The number of aryl methyl sites for hydroxylation is 1. The van der Waals surface area contributed by atoms with Gasteiger partial charge in [0.15, 0.2) is 0 Å². The predicted molar refractivity (Wildman–Crippen MR) is 84.5 cm³/mol. The van der Waals surface area contributed by atoms with Gasteiger partial charge in [0.2, 0.25) is 5.91 Å². The Labute approximate surface area is 127 Å². The Morgan fingerprint density at radius 1 is 1.52 bits per heavy atom. The third kappa shape index (κ3) is 5.38. The van der Waals surface area contributed by atoms with Crippen LogP contribution in [0.1, 0.15) is 31.7 Å². The number of amides is 1. The first-order chi connectivity index (χ1) is 10.1. The van der Waals surface area contributed by atoms with Crippen molar-refractivity contribution in [2.24, 2.45) is 5.92 Å². The molecule has 2 unspecified atom stereocenters. The summed E-state index contributed by atoms with van der Waals surface area (Å²) < 4.78 is 5.61. The monoisotopic (exact) mass is 290 g/mol. The van der Waals surface area contributed by atoms with Crippen molar-refractivity contribution >= 4 is 5.91 Å². The van der Waals surface area contributed by atoms with Crippen LogP contribution in [0.3, 0.4) is 0 Å². The summed E-state index contributed by atoms with van der Waals surface area (Å²) in [5.74, 6) is 1.44. The highest BCUT2D eigenvalue weighted by Crippen LogP contribution is 2.15. The minimum Gasteiger partial charge on any atom is -0.493 e. The van der Waals surface area contributed by atoms with Crippen LogP contribution >= 0.6 is 0 Å². The average molecular weight is 290 g/mol. The summed E-state index contributed by atoms with van der Waals surface area (Å²) in [5, 5.41) is 6.47. The number of ether oxygens (including phenoxy) is 1. The van der Waals surface area contributed by atoms with E-state index in [-0.39, 0.29) is 11.9 Å². The van der Waals surface area contributed by atoms with Gasteiger partial charge >= 0.3 is 0 Å². The van der Waals surface area contributed by atoms with Gasteiger partial charge in [0.25, 0.3) is 0 Å². The Bertz CT molecular complexity index is 456. The second-order valence-electron chi connectivity index (χ2n) is 5.88. The van der Waals surface area contributed by atoms with Crippen molar-refractivity contribution in [1.29, 1.82) is 0 Å². The third-order valence-corrected chi connectivity index (χ3v) is 4.02. The predicted octanol–water partition coefficient (Wildman–Crippen LogP) is 2.27. The first kappa shape index (κ1) is 15.8. The van der Waals surface area contributed by atoms with Gasteiger partial charge in [-0.25, -0.2) is 0 Å². The third-order valence-electron chi connectivity index (χ3n) is 4.02. The molecule has 0 bridgehead atoms. The molecule has 0 saturated carbocycles. The molecule has 0 spiro atoms. The van der Waals surface area contributed by atoms with E-state index in [0.717, 1.165) is 24.4 Å². The second kappa shape index (κ2) is 8.03. The number of hydrogen-bond donors (Lipinski definition) is 2. The van der Waals surface area contributed by atoms with Crippen molar-refractivity contribution in [2.75, 3.05) is 19.7 Å². The lowest BCUT2D eigenvalue weighted by Gasteiger charge is -2.28. The van der Waals surface area contributed by atoms with Crippen LogP contribution in [0.25, 0.3) is 0 Å². The van der Waals surface area contributed by atoms with Crippen molar-refractivity contribution in [1.82, 2.24) is 10.6 Å². The molecule has 4 nitrogen and oxygen atoms in total. The molecular formula is C17H26N2O2. The molecule has 4 heteroatoms. The van der Waals surface area contributed by atoms with E-state index in [0.29, 0.717) is 18.9 Å². The molecule has 1 aliphatic heterocycles. The highest BCUT2D eigenvalue weighted by Gasteiger charge is 2.20. The first-order valence-electron chi connectivity index (χ1n) is 7.84. The summed E-state index contributed by atoms with van der Waals surface area (Å²) in [7, 11) is 0. The number of carbonyl (C=O) groups excluding carboxylic acids is 1. The lowest BCUT2D eigenvalue weighted by Crippen LogP contribution is -2.44. The zero-order valence-electron chi connectivity index (χ0n) is 13.0. The molecule has 1 aliphatic rings. The summed E-state index contributed by atoms with van der Waals surface area (Å²) in [4.78, 5) is 11.9. The summed E-state index contributed by atoms with van der Waals surface area (Å²) in [5.41, 5.74) is 1.16. The Morgan fingerprint density at radius 3 is 3.10 bits per heavy atom. The molecule has 2 rings (SSSR count). The Hall–Kier alpha value is -1.55. The zero-order valence-corrected chi connectivity index (χ0v) is 13.0. The van der Waals surface area contributed by atoms with E-state index in [9.17, 15) is 4.79 Å². The van der Waals surface area contributed by atoms with Crippen LogP contribution < -0.4 is 15.4 Å². The zero-order chi connectivity index (χ0) is 15.1. The van der Waals surface area contributed by atoms with Crippen molar-refractivity contribution in [3.63, 3.8) is 0 Å². The van der Waals surface area contributed by atoms with Crippen LogP contribution in [0.15, 0.2) is 24.3 Å². The van der Waals surface area contributed by atoms with E-state index >= 15 is 0 Å². The van der Waals surface area contributed by atoms with Crippen LogP contribution in [0.4, 0.5) is 0 Å². The smallest absolute Gasteiger partial charge is 0.223 e. The lowest BCUT2D eigenvalue weighted by atomic mass is 9.93. The average Bonchev–Trinajstić information content (AvgIpc) is 2.48. The fourth-order valence-corrected chi connectivity index (χ4v) is 2.72. The molecule has 1 aromatic carbocycles. The maximum Gasteiger partial charge on any atom is 0.223 e. The number of rotatable bonds is 6. The van der Waals surface area contributed by atoms with E-state index in [4.69, 9.17) is 4.74 Å². The quantitative estimate of drug-likeness (QED) is 0.845. The van der Waals surface area contributed by atoms with Crippen LogP contribution in [0, 0.1) is 12.8 Å². The molecule has 2 N–H and O–H groups in total. The van der Waals surface area contributed by atoms with Gasteiger partial charge in [0.1, 0.15) is 5.75 Å². The van der Waals surface area contributed by atoms with Crippen LogP contribution in [-0.4, -0.2) is 31.6 Å². The SMILES string of the molecule is Cc1cccc(OCCC(=O)NC(C)C2CCCNC2)c1. The number of benzene rings is 1. The van der Waals surface area contributed by atoms with Gasteiger partial charge < -0.3 is 15.4 Å². The molecule has 21 heavy (non-hydrogen) atoms. The summed E-state index contributed by atoms with van der Waals surface area (Å²) in [6, 6.07) is 8.11. The molecular weight excluding hydrogens is 264 g/mol. The van der Waals surface area contributed by atoms with Gasteiger partial charge in [-0.3, -0.25) is 4.79 Å². The molecule has 116 valence electrons. The topological polar surface area (TPSA) is 50.4 Å². The number of nitrogens with one attached hydrogen (secondary N) is 2. The fourth-order valence-electron chi connectivity index (χ4n) is 2.72. The maximum atomic E-state index is 11.9. The molecule has 1 aromatic rings.